The number of likely N-dealkylation sites (tertiary alicyclic amines) is 1. The van der Waals surface area contributed by atoms with Crippen LogP contribution in [0.5, 0.6) is 0 Å². The van der Waals surface area contributed by atoms with Gasteiger partial charge in [-0.3, -0.25) is 20.1 Å². The molecule has 1 heterocycles. The molecular weight excluding hydrogens is 320 g/mol. The van der Waals surface area contributed by atoms with Crippen LogP contribution in [0.3, 0.4) is 0 Å². The SMILES string of the molecule is COC1CCC(C(=O)CN2CC(N([O-])O)CCC2N)CC1N([O-])O. The van der Waals surface area contributed by atoms with E-state index < -0.39 is 18.2 Å². The first-order valence-corrected chi connectivity index (χ1v) is 8.19. The van der Waals surface area contributed by atoms with E-state index in [-0.39, 0.29) is 47.8 Å². The molecule has 1 saturated heterocycles. The van der Waals surface area contributed by atoms with Gasteiger partial charge in [-0.05, 0) is 32.1 Å². The number of carbonyl (C=O) groups is 1. The summed E-state index contributed by atoms with van der Waals surface area (Å²) in [5.74, 6) is -0.446. The molecule has 5 unspecified atom stereocenters. The lowest BCUT2D eigenvalue weighted by atomic mass is 9.81. The van der Waals surface area contributed by atoms with Gasteiger partial charge < -0.3 is 31.3 Å². The zero-order chi connectivity index (χ0) is 17.9. The number of nitrogens with zero attached hydrogens (tertiary/aromatic N) is 3. The number of methoxy groups -OCH3 is 1. The maximum absolute atomic E-state index is 12.6. The fourth-order valence-electron chi connectivity index (χ4n) is 3.65. The highest BCUT2D eigenvalue weighted by molar-refractivity contribution is 5.83. The number of carbonyl (C=O) groups excluding carboxylic acids is 1. The van der Waals surface area contributed by atoms with Gasteiger partial charge in [0.25, 0.3) is 0 Å². The number of ketones is 1. The van der Waals surface area contributed by atoms with Gasteiger partial charge >= 0.3 is 0 Å². The molecule has 0 aromatic heterocycles. The van der Waals surface area contributed by atoms with Crippen LogP contribution in [0.25, 0.3) is 0 Å². The molecule has 4 N–H and O–H groups in total. The average Bonchev–Trinajstić information content (AvgIpc) is 2.55. The van der Waals surface area contributed by atoms with Crippen molar-refractivity contribution < 1.29 is 19.9 Å². The molecule has 2 fully saturated rings. The third-order valence-electron chi connectivity index (χ3n) is 5.18. The van der Waals surface area contributed by atoms with E-state index in [0.717, 1.165) is 0 Å². The monoisotopic (exact) mass is 346 g/mol. The van der Waals surface area contributed by atoms with Crippen LogP contribution in [0.15, 0.2) is 0 Å². The number of nitrogens with two attached hydrogens (primary N) is 1. The van der Waals surface area contributed by atoms with E-state index in [9.17, 15) is 20.4 Å². The van der Waals surface area contributed by atoms with Crippen LogP contribution in [0, 0.1) is 16.3 Å². The number of piperidine rings is 1. The molecule has 0 spiro atoms. The summed E-state index contributed by atoms with van der Waals surface area (Å²) in [7, 11) is 1.47. The van der Waals surface area contributed by atoms with Gasteiger partial charge in [0.2, 0.25) is 0 Å². The Labute approximate surface area is 140 Å². The quantitative estimate of drug-likeness (QED) is 0.555. The number of rotatable bonds is 6. The third kappa shape index (κ3) is 4.69. The Kier molecular flexibility index (Phi) is 7.04. The van der Waals surface area contributed by atoms with Crippen molar-refractivity contribution >= 4 is 5.78 Å². The summed E-state index contributed by atoms with van der Waals surface area (Å²) >= 11 is 0. The molecule has 0 aromatic carbocycles. The second-order valence-corrected chi connectivity index (χ2v) is 6.65. The molecule has 10 nitrogen and oxygen atoms in total. The van der Waals surface area contributed by atoms with Gasteiger partial charge in [0.15, 0.2) is 0 Å². The molecule has 1 aliphatic heterocycles. The van der Waals surface area contributed by atoms with Gasteiger partial charge in [0, 0.05) is 31.7 Å². The average molecular weight is 346 g/mol. The molecular formula is C14H26N4O6-2. The van der Waals surface area contributed by atoms with Crippen molar-refractivity contribution in [2.75, 3.05) is 20.2 Å². The van der Waals surface area contributed by atoms with Gasteiger partial charge in [-0.25, -0.2) is 0 Å². The number of Topliss-reactive ketones (excluding diaryl/α,β-unsaturated/α-hetero) is 1. The zero-order valence-corrected chi connectivity index (χ0v) is 13.8. The summed E-state index contributed by atoms with van der Waals surface area (Å²) in [5, 5.41) is 40.4. The van der Waals surface area contributed by atoms with Crippen LogP contribution in [0.4, 0.5) is 0 Å². The molecule has 0 radical (unpaired) electrons. The first-order valence-electron chi connectivity index (χ1n) is 8.19. The fourth-order valence-corrected chi connectivity index (χ4v) is 3.65. The van der Waals surface area contributed by atoms with E-state index in [1.807, 2.05) is 0 Å². The Morgan fingerprint density at radius 1 is 1.25 bits per heavy atom. The Morgan fingerprint density at radius 3 is 2.54 bits per heavy atom. The summed E-state index contributed by atoms with van der Waals surface area (Å²) < 4.78 is 5.19. The van der Waals surface area contributed by atoms with Crippen molar-refractivity contribution in [3.63, 3.8) is 0 Å². The predicted octanol–water partition coefficient (Wildman–Crippen LogP) is -0.134. The molecule has 5 atom stereocenters. The van der Waals surface area contributed by atoms with E-state index in [2.05, 4.69) is 0 Å². The van der Waals surface area contributed by atoms with Gasteiger partial charge in [-0.2, -0.15) is 0 Å². The summed E-state index contributed by atoms with van der Waals surface area (Å²) in [6, 6.07) is -1.36. The van der Waals surface area contributed by atoms with Crippen LogP contribution in [0.2, 0.25) is 0 Å². The summed E-state index contributed by atoms with van der Waals surface area (Å²) in [5.41, 5.74) is 5.99. The van der Waals surface area contributed by atoms with Crippen LogP contribution in [-0.2, 0) is 9.53 Å². The molecule has 24 heavy (non-hydrogen) atoms. The van der Waals surface area contributed by atoms with Gasteiger partial charge in [0.1, 0.15) is 5.78 Å². The lowest BCUT2D eigenvalue weighted by Gasteiger charge is -2.44. The number of hydroxylamine groups is 4. The normalized spacial score (nSPS) is 35.6. The van der Waals surface area contributed by atoms with Gasteiger partial charge in [0.05, 0.1) is 18.8 Å². The van der Waals surface area contributed by atoms with E-state index in [1.54, 1.807) is 4.90 Å². The maximum Gasteiger partial charge on any atom is 0.150 e. The smallest absolute Gasteiger partial charge is 0.150 e. The maximum atomic E-state index is 12.6. The fraction of sp³-hybridized carbons (Fsp3) is 0.929. The highest BCUT2D eigenvalue weighted by atomic mass is 16.8. The zero-order valence-electron chi connectivity index (χ0n) is 13.8. The molecule has 0 amide bonds. The van der Waals surface area contributed by atoms with Crippen LogP contribution >= 0.6 is 0 Å². The first-order chi connectivity index (χ1) is 11.3. The summed E-state index contributed by atoms with van der Waals surface area (Å²) in [6.45, 7) is 0.280. The van der Waals surface area contributed by atoms with E-state index in [0.29, 0.717) is 25.7 Å². The van der Waals surface area contributed by atoms with Crippen molar-refractivity contribution in [3.8, 4) is 0 Å². The number of ether oxygens (including phenoxy) is 1. The summed E-state index contributed by atoms with van der Waals surface area (Å²) in [4.78, 5) is 14.2. The van der Waals surface area contributed by atoms with Gasteiger partial charge in [-0.1, -0.05) is 0 Å². The van der Waals surface area contributed by atoms with E-state index in [4.69, 9.17) is 15.7 Å². The highest BCUT2D eigenvalue weighted by Crippen LogP contribution is 2.30. The topological polar surface area (TPSA) is 149 Å². The minimum Gasteiger partial charge on any atom is -0.762 e. The summed E-state index contributed by atoms with van der Waals surface area (Å²) in [6.07, 6.45) is 1.55. The molecule has 1 aliphatic carbocycles. The van der Waals surface area contributed by atoms with Crippen molar-refractivity contribution in [1.82, 2.24) is 15.4 Å². The van der Waals surface area contributed by atoms with Crippen molar-refractivity contribution in [1.29, 1.82) is 0 Å². The standard InChI is InChI=1S/C14H26N4O6/c1-24-13-4-2-9(6-11(13)18(22)23)12(19)8-16-7-10(17(20)21)3-5-14(16)15/h9-11,13-14,20,22H,2-8,15H2,1H3/q-2. The van der Waals surface area contributed by atoms with Crippen molar-refractivity contribution in [2.45, 2.75) is 56.5 Å². The third-order valence-corrected chi connectivity index (χ3v) is 5.18. The van der Waals surface area contributed by atoms with Crippen LogP contribution in [-0.4, -0.2) is 76.1 Å². The predicted molar refractivity (Wildman–Crippen MR) is 83.5 cm³/mol. The number of hydrogen-bond acceptors (Lipinski definition) is 10. The number of hydrogen-bond donors (Lipinski definition) is 3. The minimum absolute atomic E-state index is 0.0603. The Hall–Kier alpha value is -0.690. The lowest BCUT2D eigenvalue weighted by Crippen LogP contribution is -2.55. The van der Waals surface area contributed by atoms with E-state index in [1.165, 1.54) is 7.11 Å². The Bertz CT molecular complexity index is 424. The van der Waals surface area contributed by atoms with Crippen molar-refractivity contribution in [2.24, 2.45) is 11.7 Å². The molecule has 1 saturated carbocycles. The van der Waals surface area contributed by atoms with Crippen molar-refractivity contribution in [3.05, 3.63) is 10.4 Å². The Balaban J connectivity index is 1.93. The second-order valence-electron chi connectivity index (χ2n) is 6.65. The highest BCUT2D eigenvalue weighted by Gasteiger charge is 2.36. The Morgan fingerprint density at radius 2 is 1.96 bits per heavy atom. The second kappa shape index (κ2) is 8.61. The van der Waals surface area contributed by atoms with Crippen LogP contribution < -0.4 is 5.73 Å². The van der Waals surface area contributed by atoms with Crippen LogP contribution in [0.1, 0.15) is 32.1 Å². The molecule has 2 aliphatic rings. The molecule has 0 bridgehead atoms. The molecule has 140 valence electrons. The molecule has 0 aromatic rings. The lowest BCUT2D eigenvalue weighted by molar-refractivity contribution is -0.149. The molecule has 2 rings (SSSR count). The first kappa shape index (κ1) is 19.6. The van der Waals surface area contributed by atoms with E-state index >= 15 is 0 Å². The van der Waals surface area contributed by atoms with Gasteiger partial charge in [-0.15, -0.1) is 0 Å². The minimum atomic E-state index is -0.768. The largest absolute Gasteiger partial charge is 0.762 e. The molecule has 10 heteroatoms.